The van der Waals surface area contributed by atoms with Gasteiger partial charge in [-0.25, -0.2) is 4.98 Å². The van der Waals surface area contributed by atoms with E-state index in [4.69, 9.17) is 24.6 Å². The molecule has 1 saturated heterocycles. The molecular weight excluding hydrogens is 605 g/mol. The molecule has 2 heterocycles. The smallest absolute Gasteiger partial charge is 0.256 e. The number of aliphatic hydroxyl groups excluding tert-OH is 1. The van der Waals surface area contributed by atoms with Crippen LogP contribution in [-0.4, -0.2) is 21.9 Å². The van der Waals surface area contributed by atoms with Crippen molar-refractivity contribution in [2.24, 2.45) is 5.73 Å². The summed E-state index contributed by atoms with van der Waals surface area (Å²) >= 11 is 1.55. The van der Waals surface area contributed by atoms with E-state index >= 15 is 0 Å². The summed E-state index contributed by atoms with van der Waals surface area (Å²) in [6, 6.07) is 44.7. The molecule has 3 N–H and O–H groups in total. The highest BCUT2D eigenvalue weighted by Gasteiger charge is 2.33. The van der Waals surface area contributed by atoms with E-state index in [2.05, 4.69) is 48.5 Å². The zero-order chi connectivity index (χ0) is 32.0. The fraction of sp³-hybridized carbons (Fsp3) is 0.175. The number of rotatable bonds is 10. The minimum Gasteiger partial charge on any atom is -0.431 e. The Labute approximate surface area is 279 Å². The van der Waals surface area contributed by atoms with Crippen LogP contribution < -0.4 is 5.73 Å². The van der Waals surface area contributed by atoms with E-state index in [0.29, 0.717) is 23.9 Å². The van der Waals surface area contributed by atoms with Gasteiger partial charge in [-0.3, -0.25) is 0 Å². The zero-order valence-corrected chi connectivity index (χ0v) is 26.7. The van der Waals surface area contributed by atoms with Crippen molar-refractivity contribution in [3.05, 3.63) is 156 Å². The van der Waals surface area contributed by atoms with Gasteiger partial charge in [0.15, 0.2) is 12.1 Å². The number of ether oxygens (including phenoxy) is 2. The Morgan fingerprint density at radius 1 is 0.702 bits per heavy atom. The Hall–Kier alpha value is -4.50. The third-order valence-electron chi connectivity index (χ3n) is 8.43. The zero-order valence-electron chi connectivity index (χ0n) is 25.9. The van der Waals surface area contributed by atoms with Crippen LogP contribution in [0.1, 0.15) is 41.1 Å². The van der Waals surface area contributed by atoms with Crippen molar-refractivity contribution >= 4 is 11.8 Å². The Morgan fingerprint density at radius 2 is 1.36 bits per heavy atom. The molecule has 0 spiro atoms. The molecule has 0 aliphatic carbocycles. The highest BCUT2D eigenvalue weighted by molar-refractivity contribution is 7.99. The standard InChI is InChI=1S/C40H36N2O4S/c41-24-33-13-7-8-14-35(33)28-19-21-32(22-20-28)39-44-34(23-36(45-39)29-17-15-27(25-43)16-18-29)26-47-40-42-37(30-9-3-1-4-10-30)38(46-40)31-11-5-2-6-12-31/h1-22,34,36,39,43H,23-26,41H2/t34-,36+,39+/m1/s1. The van der Waals surface area contributed by atoms with Crippen LogP contribution in [0.25, 0.3) is 33.7 Å². The molecule has 5 aromatic carbocycles. The number of benzene rings is 5. The summed E-state index contributed by atoms with van der Waals surface area (Å²) in [5, 5.41) is 10.2. The number of nitrogens with zero attached hydrogens (tertiary/aromatic N) is 1. The molecule has 1 aromatic heterocycles. The Kier molecular flexibility index (Phi) is 9.60. The van der Waals surface area contributed by atoms with E-state index in [9.17, 15) is 5.11 Å². The number of aliphatic hydroxyl groups is 1. The van der Waals surface area contributed by atoms with Gasteiger partial charge in [0.05, 0.1) is 18.8 Å². The number of thioether (sulfide) groups is 1. The summed E-state index contributed by atoms with van der Waals surface area (Å²) in [6.07, 6.45) is -0.206. The molecule has 0 unspecified atom stereocenters. The SMILES string of the molecule is NCc1ccccc1-c1ccc([C@H]2O[C@@H](CSc3nc(-c4ccccc4)c(-c4ccccc4)o3)C[C@@H](c3ccc(CO)cc3)O2)cc1. The van der Waals surface area contributed by atoms with E-state index in [1.165, 1.54) is 0 Å². The second kappa shape index (κ2) is 14.5. The normalized spacial score (nSPS) is 17.9. The molecule has 0 saturated carbocycles. The van der Waals surface area contributed by atoms with Gasteiger partial charge in [0.25, 0.3) is 5.22 Å². The van der Waals surface area contributed by atoms with Gasteiger partial charge in [0.2, 0.25) is 0 Å². The van der Waals surface area contributed by atoms with E-state index in [1.54, 1.807) is 11.8 Å². The lowest BCUT2D eigenvalue weighted by Crippen LogP contribution is -2.31. The quantitative estimate of drug-likeness (QED) is 0.145. The lowest BCUT2D eigenvalue weighted by molar-refractivity contribution is -0.245. The number of hydrogen-bond donors (Lipinski definition) is 2. The fourth-order valence-corrected chi connectivity index (χ4v) is 6.77. The van der Waals surface area contributed by atoms with Gasteiger partial charge < -0.3 is 24.7 Å². The van der Waals surface area contributed by atoms with Crippen LogP contribution in [0.5, 0.6) is 0 Å². The Morgan fingerprint density at radius 3 is 2.06 bits per heavy atom. The molecule has 47 heavy (non-hydrogen) atoms. The second-order valence-electron chi connectivity index (χ2n) is 11.5. The minimum absolute atomic E-state index is 0.00250. The lowest BCUT2D eigenvalue weighted by Gasteiger charge is -2.36. The maximum absolute atomic E-state index is 9.58. The largest absolute Gasteiger partial charge is 0.431 e. The molecule has 0 bridgehead atoms. The summed E-state index contributed by atoms with van der Waals surface area (Å²) in [5.74, 6) is 1.39. The second-order valence-corrected chi connectivity index (χ2v) is 12.5. The van der Waals surface area contributed by atoms with Gasteiger partial charge in [-0.2, -0.15) is 0 Å². The summed E-state index contributed by atoms with van der Waals surface area (Å²) in [6.45, 7) is 0.482. The first-order valence-corrected chi connectivity index (χ1v) is 16.8. The van der Waals surface area contributed by atoms with Crippen molar-refractivity contribution in [3.63, 3.8) is 0 Å². The van der Waals surface area contributed by atoms with Gasteiger partial charge in [0.1, 0.15) is 5.69 Å². The van der Waals surface area contributed by atoms with Crippen molar-refractivity contribution < 1.29 is 19.0 Å². The molecule has 3 atom stereocenters. The molecular formula is C40H36N2O4S. The van der Waals surface area contributed by atoms with Crippen molar-refractivity contribution in [2.45, 2.75) is 43.3 Å². The van der Waals surface area contributed by atoms with Crippen LogP contribution in [0.2, 0.25) is 0 Å². The first-order chi connectivity index (χ1) is 23.2. The average molecular weight is 641 g/mol. The number of hydrogen-bond acceptors (Lipinski definition) is 7. The molecule has 1 aliphatic heterocycles. The van der Waals surface area contributed by atoms with Gasteiger partial charge in [-0.05, 0) is 27.8 Å². The third-order valence-corrected chi connectivity index (χ3v) is 9.39. The molecule has 1 fully saturated rings. The summed E-state index contributed by atoms with van der Waals surface area (Å²) < 4.78 is 19.6. The molecule has 6 nitrogen and oxygen atoms in total. The van der Waals surface area contributed by atoms with Crippen molar-refractivity contribution in [1.29, 1.82) is 0 Å². The number of oxazole rings is 1. The third kappa shape index (κ3) is 7.10. The van der Waals surface area contributed by atoms with Crippen LogP contribution in [0.15, 0.2) is 143 Å². The number of aromatic nitrogens is 1. The Balaban J connectivity index is 1.14. The van der Waals surface area contributed by atoms with E-state index in [-0.39, 0.29) is 18.8 Å². The van der Waals surface area contributed by atoms with Gasteiger partial charge in [-0.15, -0.1) is 0 Å². The highest BCUT2D eigenvalue weighted by atomic mass is 32.2. The predicted molar refractivity (Wildman–Crippen MR) is 186 cm³/mol. The highest BCUT2D eigenvalue weighted by Crippen LogP contribution is 2.41. The molecule has 1 aliphatic rings. The van der Waals surface area contributed by atoms with Crippen LogP contribution in [-0.2, 0) is 22.6 Å². The van der Waals surface area contributed by atoms with Gasteiger partial charge >= 0.3 is 0 Å². The fourth-order valence-electron chi connectivity index (χ4n) is 5.93. The maximum atomic E-state index is 9.58. The molecule has 7 rings (SSSR count). The van der Waals surface area contributed by atoms with Crippen molar-refractivity contribution in [2.75, 3.05) is 5.75 Å². The van der Waals surface area contributed by atoms with Crippen molar-refractivity contribution in [1.82, 2.24) is 4.98 Å². The first-order valence-electron chi connectivity index (χ1n) is 15.8. The summed E-state index contributed by atoms with van der Waals surface area (Å²) in [7, 11) is 0. The number of nitrogens with two attached hydrogens (primary N) is 1. The van der Waals surface area contributed by atoms with Gasteiger partial charge in [-0.1, -0.05) is 145 Å². The maximum Gasteiger partial charge on any atom is 0.256 e. The molecule has 0 amide bonds. The van der Waals surface area contributed by atoms with E-state index in [0.717, 1.165) is 56.0 Å². The Bertz CT molecular complexity index is 1840. The van der Waals surface area contributed by atoms with Crippen LogP contribution >= 0.6 is 11.8 Å². The molecule has 0 radical (unpaired) electrons. The monoisotopic (exact) mass is 640 g/mol. The average Bonchev–Trinajstić information content (AvgIpc) is 3.59. The van der Waals surface area contributed by atoms with Crippen LogP contribution in [0, 0.1) is 0 Å². The van der Waals surface area contributed by atoms with Crippen molar-refractivity contribution in [3.8, 4) is 33.7 Å². The topological polar surface area (TPSA) is 90.7 Å². The molecule has 7 heteroatoms. The first kappa shape index (κ1) is 31.1. The summed E-state index contributed by atoms with van der Waals surface area (Å²) in [5.41, 5.74) is 15.0. The lowest BCUT2D eigenvalue weighted by atomic mass is 9.98. The van der Waals surface area contributed by atoms with Crippen LogP contribution in [0.4, 0.5) is 0 Å². The molecule has 236 valence electrons. The van der Waals surface area contributed by atoms with E-state index in [1.807, 2.05) is 84.9 Å². The molecule has 6 aromatic rings. The van der Waals surface area contributed by atoms with E-state index < -0.39 is 6.29 Å². The summed E-state index contributed by atoms with van der Waals surface area (Å²) in [4.78, 5) is 4.94. The predicted octanol–water partition coefficient (Wildman–Crippen LogP) is 8.96. The van der Waals surface area contributed by atoms with Crippen LogP contribution in [0.3, 0.4) is 0 Å². The van der Waals surface area contributed by atoms with Gasteiger partial charge in [0, 0.05) is 35.4 Å². The minimum atomic E-state index is -0.556.